The molecule has 0 aliphatic heterocycles. The van der Waals surface area contributed by atoms with Crippen molar-refractivity contribution in [1.82, 2.24) is 5.32 Å². The molecule has 0 fully saturated rings. The Balaban J connectivity index is 3.42. The van der Waals surface area contributed by atoms with Gasteiger partial charge in [-0.1, -0.05) is 314 Å². The number of amides is 1. The van der Waals surface area contributed by atoms with Gasteiger partial charge >= 0.3 is 5.97 Å². The maximum absolute atomic E-state index is 12.5. The molecule has 3 N–H and O–H groups in total. The number of carbonyl (C=O) groups is 2. The van der Waals surface area contributed by atoms with E-state index >= 15 is 0 Å². The molecular formula is C66H127NO5. The number of carbonyl (C=O) groups excluding carboxylic acids is 2. The zero-order chi connectivity index (χ0) is 52.2. The Kier molecular flexibility index (Phi) is 60.5. The van der Waals surface area contributed by atoms with Gasteiger partial charge in [-0.25, -0.2) is 0 Å². The van der Waals surface area contributed by atoms with Gasteiger partial charge in [-0.15, -0.1) is 0 Å². The minimum Gasteiger partial charge on any atom is -0.466 e. The van der Waals surface area contributed by atoms with E-state index in [1.807, 2.05) is 6.08 Å². The first-order valence-corrected chi connectivity index (χ1v) is 32.6. The van der Waals surface area contributed by atoms with E-state index in [-0.39, 0.29) is 18.5 Å². The van der Waals surface area contributed by atoms with Gasteiger partial charge in [0.15, 0.2) is 0 Å². The Morgan fingerprint density at radius 2 is 0.653 bits per heavy atom. The summed E-state index contributed by atoms with van der Waals surface area (Å²) in [4.78, 5) is 24.6. The predicted octanol–water partition coefficient (Wildman–Crippen LogP) is 20.6. The number of aliphatic hydroxyl groups is 2. The molecule has 0 aliphatic rings. The van der Waals surface area contributed by atoms with Crippen LogP contribution in [0.4, 0.5) is 0 Å². The van der Waals surface area contributed by atoms with Crippen LogP contribution in [-0.4, -0.2) is 47.4 Å². The molecule has 6 heteroatoms. The molecule has 0 aromatic heterocycles. The van der Waals surface area contributed by atoms with Crippen LogP contribution in [0.25, 0.3) is 0 Å². The van der Waals surface area contributed by atoms with E-state index in [9.17, 15) is 19.8 Å². The lowest BCUT2D eigenvalue weighted by Crippen LogP contribution is -2.45. The van der Waals surface area contributed by atoms with Crippen LogP contribution in [0.2, 0.25) is 0 Å². The predicted molar refractivity (Wildman–Crippen MR) is 315 cm³/mol. The average molecular weight is 1010 g/mol. The standard InChI is InChI=1S/C66H127NO5/c1-3-5-7-9-11-13-15-17-19-20-21-24-27-31-34-38-42-46-50-54-58-64(69)63(62-68)67-65(70)59-55-51-47-43-39-35-32-28-25-22-23-26-29-33-37-41-45-49-53-57-61-72-66(71)60-56-52-48-44-40-36-30-18-16-14-12-10-8-6-4-2/h18,30,54,58,63-64,68-69H,3-17,19-29,31-53,55-57,59-62H2,1-2H3,(H,67,70)/b30-18-,58-54+. The minimum absolute atomic E-state index is 0.00265. The summed E-state index contributed by atoms with van der Waals surface area (Å²) in [6.07, 6.45) is 76.5. The molecule has 0 saturated heterocycles. The van der Waals surface area contributed by atoms with Gasteiger partial charge in [-0.2, -0.15) is 0 Å². The molecular weight excluding hydrogens is 887 g/mol. The lowest BCUT2D eigenvalue weighted by Gasteiger charge is -2.20. The minimum atomic E-state index is -0.846. The highest BCUT2D eigenvalue weighted by Gasteiger charge is 2.18. The summed E-state index contributed by atoms with van der Waals surface area (Å²) < 4.78 is 5.48. The van der Waals surface area contributed by atoms with E-state index in [1.165, 1.54) is 289 Å². The third-order valence-corrected chi connectivity index (χ3v) is 15.2. The van der Waals surface area contributed by atoms with Crippen LogP contribution in [-0.2, 0) is 14.3 Å². The molecule has 0 bridgehead atoms. The molecule has 72 heavy (non-hydrogen) atoms. The normalized spacial score (nSPS) is 12.7. The van der Waals surface area contributed by atoms with Crippen molar-refractivity contribution in [2.75, 3.05) is 13.2 Å². The first-order chi connectivity index (χ1) is 35.5. The van der Waals surface area contributed by atoms with Gasteiger partial charge in [-0.3, -0.25) is 9.59 Å². The fourth-order valence-electron chi connectivity index (χ4n) is 10.2. The Hall–Kier alpha value is -1.66. The van der Waals surface area contributed by atoms with Gasteiger partial charge in [0.05, 0.1) is 25.4 Å². The summed E-state index contributed by atoms with van der Waals surface area (Å²) in [6, 6.07) is -0.630. The maximum Gasteiger partial charge on any atom is 0.305 e. The smallest absolute Gasteiger partial charge is 0.305 e. The molecule has 426 valence electrons. The van der Waals surface area contributed by atoms with E-state index in [2.05, 4.69) is 31.3 Å². The third-order valence-electron chi connectivity index (χ3n) is 15.2. The van der Waals surface area contributed by atoms with Gasteiger partial charge in [0.2, 0.25) is 5.91 Å². The van der Waals surface area contributed by atoms with E-state index in [0.717, 1.165) is 44.9 Å². The first-order valence-electron chi connectivity index (χ1n) is 32.6. The highest BCUT2D eigenvalue weighted by Crippen LogP contribution is 2.18. The van der Waals surface area contributed by atoms with E-state index in [1.54, 1.807) is 6.08 Å². The van der Waals surface area contributed by atoms with Crippen molar-refractivity contribution in [3.8, 4) is 0 Å². The monoisotopic (exact) mass is 1010 g/mol. The molecule has 6 nitrogen and oxygen atoms in total. The van der Waals surface area contributed by atoms with Crippen molar-refractivity contribution in [2.45, 2.75) is 373 Å². The van der Waals surface area contributed by atoms with Crippen molar-refractivity contribution < 1.29 is 24.5 Å². The molecule has 0 aromatic carbocycles. The fourth-order valence-corrected chi connectivity index (χ4v) is 10.2. The maximum atomic E-state index is 12.5. The second kappa shape index (κ2) is 61.9. The number of allylic oxidation sites excluding steroid dienone is 3. The second-order valence-electron chi connectivity index (χ2n) is 22.5. The molecule has 2 atom stereocenters. The average Bonchev–Trinajstić information content (AvgIpc) is 3.38. The summed E-state index contributed by atoms with van der Waals surface area (Å²) in [6.45, 7) is 4.92. The molecule has 0 rings (SSSR count). The summed E-state index contributed by atoms with van der Waals surface area (Å²) in [7, 11) is 0. The van der Waals surface area contributed by atoms with Gasteiger partial charge < -0.3 is 20.3 Å². The number of hydrogen-bond donors (Lipinski definition) is 3. The molecule has 0 aromatic rings. The SMILES string of the molecule is CCCCCCCC/C=C\CCCCCCCC(=O)OCCCCCCCCCCCCCCCCCCCCCCC(=O)NC(CO)C(O)/C=C/CCCCCCCCCCCCCCCCCCCC. The van der Waals surface area contributed by atoms with Crippen LogP contribution in [0.3, 0.4) is 0 Å². The first kappa shape index (κ1) is 70.3. The van der Waals surface area contributed by atoms with E-state index in [4.69, 9.17) is 4.74 Å². The molecule has 0 saturated carbocycles. The van der Waals surface area contributed by atoms with Crippen molar-refractivity contribution in [1.29, 1.82) is 0 Å². The van der Waals surface area contributed by atoms with Gasteiger partial charge in [0.25, 0.3) is 0 Å². The molecule has 0 heterocycles. The van der Waals surface area contributed by atoms with Crippen molar-refractivity contribution in [3.63, 3.8) is 0 Å². The van der Waals surface area contributed by atoms with Crippen LogP contribution in [0.15, 0.2) is 24.3 Å². The van der Waals surface area contributed by atoms with Crippen molar-refractivity contribution in [2.24, 2.45) is 0 Å². The van der Waals surface area contributed by atoms with Crippen LogP contribution in [0, 0.1) is 0 Å². The zero-order valence-corrected chi connectivity index (χ0v) is 48.7. The highest BCUT2D eigenvalue weighted by atomic mass is 16.5. The summed E-state index contributed by atoms with van der Waals surface area (Å²) >= 11 is 0. The van der Waals surface area contributed by atoms with Crippen molar-refractivity contribution >= 4 is 11.9 Å². The number of aliphatic hydroxyl groups excluding tert-OH is 2. The van der Waals surface area contributed by atoms with E-state index in [0.29, 0.717) is 19.4 Å². The molecule has 0 spiro atoms. The molecule has 2 unspecified atom stereocenters. The summed E-state index contributed by atoms with van der Waals surface area (Å²) in [5.41, 5.74) is 0. The van der Waals surface area contributed by atoms with Gasteiger partial charge in [0.1, 0.15) is 0 Å². The van der Waals surface area contributed by atoms with Gasteiger partial charge in [-0.05, 0) is 57.8 Å². The second-order valence-corrected chi connectivity index (χ2v) is 22.5. The fraction of sp³-hybridized carbons (Fsp3) is 0.909. The Morgan fingerprint density at radius 1 is 0.375 bits per heavy atom. The number of rotatable bonds is 61. The number of esters is 1. The number of ether oxygens (including phenoxy) is 1. The Labute approximate surface area is 450 Å². The van der Waals surface area contributed by atoms with Crippen LogP contribution < -0.4 is 5.32 Å². The largest absolute Gasteiger partial charge is 0.466 e. The lowest BCUT2D eigenvalue weighted by atomic mass is 10.0. The number of hydrogen-bond acceptors (Lipinski definition) is 5. The summed E-state index contributed by atoms with van der Waals surface area (Å²) in [5, 5.41) is 23.2. The molecule has 0 radical (unpaired) electrons. The molecule has 0 aliphatic carbocycles. The van der Waals surface area contributed by atoms with E-state index < -0.39 is 12.1 Å². The Morgan fingerprint density at radius 3 is 0.986 bits per heavy atom. The molecule has 1 amide bonds. The van der Waals surface area contributed by atoms with Crippen LogP contribution >= 0.6 is 0 Å². The number of unbranched alkanes of at least 4 members (excludes halogenated alkanes) is 48. The lowest BCUT2D eigenvalue weighted by molar-refractivity contribution is -0.143. The Bertz CT molecular complexity index is 1120. The zero-order valence-electron chi connectivity index (χ0n) is 48.7. The third kappa shape index (κ3) is 57.6. The summed E-state index contributed by atoms with van der Waals surface area (Å²) in [5.74, 6) is -0.0640. The highest BCUT2D eigenvalue weighted by molar-refractivity contribution is 5.76. The topological polar surface area (TPSA) is 95.9 Å². The van der Waals surface area contributed by atoms with Gasteiger partial charge in [0, 0.05) is 12.8 Å². The quantitative estimate of drug-likeness (QED) is 0.0320. The van der Waals surface area contributed by atoms with Crippen LogP contribution in [0.5, 0.6) is 0 Å². The van der Waals surface area contributed by atoms with Crippen molar-refractivity contribution in [3.05, 3.63) is 24.3 Å². The number of nitrogens with one attached hydrogen (secondary N) is 1. The van der Waals surface area contributed by atoms with Crippen LogP contribution in [0.1, 0.15) is 361 Å².